The van der Waals surface area contributed by atoms with E-state index in [1.807, 2.05) is 29.6 Å². The molecule has 0 aliphatic carbocycles. The van der Waals surface area contributed by atoms with Gasteiger partial charge in [0.15, 0.2) is 0 Å². The van der Waals surface area contributed by atoms with Gasteiger partial charge in [0.1, 0.15) is 20.7 Å². The zero-order chi connectivity index (χ0) is 18.8. The molecule has 1 amide bonds. The molecule has 0 fully saturated rings. The van der Waals surface area contributed by atoms with Crippen LogP contribution < -0.4 is 5.32 Å². The highest BCUT2D eigenvalue weighted by Crippen LogP contribution is 2.29. The highest BCUT2D eigenvalue weighted by Gasteiger charge is 2.16. The lowest BCUT2D eigenvalue weighted by Gasteiger charge is -2.05. The molecule has 134 valence electrons. The number of rotatable bonds is 4. The van der Waals surface area contributed by atoms with Gasteiger partial charge in [-0.3, -0.25) is 4.79 Å². The number of thiazole rings is 2. The Hall–Kier alpha value is -2.90. The van der Waals surface area contributed by atoms with Crippen LogP contribution in [-0.2, 0) is 0 Å². The maximum atomic E-state index is 13.1. The molecule has 2 aromatic heterocycles. The second kappa shape index (κ2) is 7.38. The van der Waals surface area contributed by atoms with E-state index in [9.17, 15) is 9.18 Å². The number of anilines is 1. The monoisotopic (exact) mass is 395 g/mol. The molecule has 4 rings (SSSR count). The zero-order valence-corrected chi connectivity index (χ0v) is 15.9. The summed E-state index contributed by atoms with van der Waals surface area (Å²) in [7, 11) is 0. The molecule has 2 aromatic carbocycles. The Labute approximate surface area is 163 Å². The van der Waals surface area contributed by atoms with Gasteiger partial charge in [0, 0.05) is 28.4 Å². The molecule has 7 heteroatoms. The predicted octanol–water partition coefficient (Wildman–Crippen LogP) is 5.63. The van der Waals surface area contributed by atoms with Gasteiger partial charge in [0.25, 0.3) is 5.91 Å². The number of carbonyl (C=O) groups is 1. The number of aromatic nitrogens is 2. The average Bonchev–Trinajstić information content (AvgIpc) is 3.33. The predicted molar refractivity (Wildman–Crippen MR) is 108 cm³/mol. The lowest BCUT2D eigenvalue weighted by molar-refractivity contribution is 0.103. The Bertz CT molecular complexity index is 1070. The Kier molecular flexibility index (Phi) is 4.79. The van der Waals surface area contributed by atoms with Gasteiger partial charge in [0.2, 0.25) is 0 Å². The van der Waals surface area contributed by atoms with E-state index < -0.39 is 0 Å². The first-order valence-electron chi connectivity index (χ1n) is 8.15. The largest absolute Gasteiger partial charge is 0.321 e. The Morgan fingerprint density at radius 2 is 1.67 bits per heavy atom. The Morgan fingerprint density at radius 1 is 1.00 bits per heavy atom. The third kappa shape index (κ3) is 3.79. The van der Waals surface area contributed by atoms with E-state index in [1.54, 1.807) is 36.6 Å². The number of hydrogen-bond acceptors (Lipinski definition) is 5. The lowest BCUT2D eigenvalue weighted by Crippen LogP contribution is -2.11. The lowest BCUT2D eigenvalue weighted by atomic mass is 10.2. The summed E-state index contributed by atoms with van der Waals surface area (Å²) in [6.07, 6.45) is 1.76. The molecular weight excluding hydrogens is 381 g/mol. The number of carbonyl (C=O) groups excluding carboxylic acids is 1. The molecule has 0 radical (unpaired) electrons. The first kappa shape index (κ1) is 17.5. The van der Waals surface area contributed by atoms with Crippen molar-refractivity contribution in [1.29, 1.82) is 0 Å². The van der Waals surface area contributed by atoms with Gasteiger partial charge >= 0.3 is 0 Å². The molecule has 2 heterocycles. The van der Waals surface area contributed by atoms with Crippen molar-refractivity contribution < 1.29 is 9.18 Å². The van der Waals surface area contributed by atoms with Crippen LogP contribution in [0.4, 0.5) is 10.1 Å². The van der Waals surface area contributed by atoms with Crippen LogP contribution in [0.25, 0.3) is 21.1 Å². The van der Waals surface area contributed by atoms with Crippen LogP contribution in [0.5, 0.6) is 0 Å². The van der Waals surface area contributed by atoms with Gasteiger partial charge in [-0.25, -0.2) is 14.4 Å². The van der Waals surface area contributed by atoms with Gasteiger partial charge < -0.3 is 5.32 Å². The summed E-state index contributed by atoms with van der Waals surface area (Å²) < 4.78 is 13.1. The van der Waals surface area contributed by atoms with Crippen LogP contribution in [0.15, 0.2) is 60.1 Å². The second-order valence-electron chi connectivity index (χ2n) is 5.81. The van der Waals surface area contributed by atoms with Crippen LogP contribution in [0.1, 0.15) is 15.4 Å². The summed E-state index contributed by atoms with van der Waals surface area (Å²) in [5, 5.41) is 6.46. The van der Waals surface area contributed by atoms with Crippen molar-refractivity contribution >= 4 is 34.3 Å². The van der Waals surface area contributed by atoms with Crippen LogP contribution in [0.3, 0.4) is 0 Å². The van der Waals surface area contributed by atoms with E-state index in [0.29, 0.717) is 21.3 Å². The van der Waals surface area contributed by atoms with E-state index >= 15 is 0 Å². The maximum absolute atomic E-state index is 13.1. The van der Waals surface area contributed by atoms with Crippen molar-refractivity contribution in [2.24, 2.45) is 0 Å². The number of hydrogen-bond donors (Lipinski definition) is 1. The maximum Gasteiger partial charge on any atom is 0.267 e. The summed E-state index contributed by atoms with van der Waals surface area (Å²) in [5.74, 6) is -0.508. The molecule has 0 saturated heterocycles. The standard InChI is InChI=1S/C20H14FN3OS2/c1-12-17(27-20(23-12)14-2-6-15(21)7-3-14)18(25)24-16-8-4-13(5-9-16)19-22-10-11-26-19/h2-11H,1H3,(H,24,25). The minimum absolute atomic E-state index is 0.208. The molecule has 0 saturated carbocycles. The van der Waals surface area contributed by atoms with Crippen molar-refractivity contribution in [3.8, 4) is 21.1 Å². The number of benzene rings is 2. The van der Waals surface area contributed by atoms with Crippen LogP contribution >= 0.6 is 22.7 Å². The van der Waals surface area contributed by atoms with E-state index in [-0.39, 0.29) is 11.7 Å². The first-order chi connectivity index (χ1) is 13.1. The SMILES string of the molecule is Cc1nc(-c2ccc(F)cc2)sc1C(=O)Nc1ccc(-c2nccs2)cc1. The van der Waals surface area contributed by atoms with Crippen LogP contribution in [0, 0.1) is 12.7 Å². The fourth-order valence-electron chi connectivity index (χ4n) is 2.57. The molecule has 0 spiro atoms. The zero-order valence-electron chi connectivity index (χ0n) is 14.3. The summed E-state index contributed by atoms with van der Waals surface area (Å²) in [6.45, 7) is 1.80. The molecule has 1 N–H and O–H groups in total. The average molecular weight is 395 g/mol. The molecule has 0 aliphatic rings. The van der Waals surface area contributed by atoms with Gasteiger partial charge in [0.05, 0.1) is 5.69 Å². The van der Waals surface area contributed by atoms with Crippen molar-refractivity contribution in [2.45, 2.75) is 6.92 Å². The molecule has 0 bridgehead atoms. The fourth-order valence-corrected chi connectivity index (χ4v) is 4.18. The molecule has 0 atom stereocenters. The quantitative estimate of drug-likeness (QED) is 0.487. The summed E-state index contributed by atoms with van der Waals surface area (Å²) in [4.78, 5) is 21.9. The van der Waals surface area contributed by atoms with Crippen molar-refractivity contribution in [3.05, 3.63) is 76.5 Å². The van der Waals surface area contributed by atoms with Crippen molar-refractivity contribution in [2.75, 3.05) is 5.32 Å². The normalized spacial score (nSPS) is 10.7. The number of halogens is 1. The van der Waals surface area contributed by atoms with E-state index in [0.717, 1.165) is 16.1 Å². The highest BCUT2D eigenvalue weighted by atomic mass is 32.1. The van der Waals surface area contributed by atoms with Crippen molar-refractivity contribution in [3.63, 3.8) is 0 Å². The summed E-state index contributed by atoms with van der Waals surface area (Å²) >= 11 is 2.86. The van der Waals surface area contributed by atoms with Gasteiger partial charge in [-0.1, -0.05) is 0 Å². The number of amides is 1. The smallest absolute Gasteiger partial charge is 0.267 e. The Balaban J connectivity index is 1.52. The number of nitrogens with one attached hydrogen (secondary N) is 1. The molecular formula is C20H14FN3OS2. The minimum Gasteiger partial charge on any atom is -0.321 e. The van der Waals surface area contributed by atoms with Gasteiger partial charge in [-0.15, -0.1) is 22.7 Å². The van der Waals surface area contributed by atoms with Crippen LogP contribution in [-0.4, -0.2) is 15.9 Å². The summed E-state index contributed by atoms with van der Waals surface area (Å²) in [6, 6.07) is 13.7. The number of aryl methyl sites for hydroxylation is 1. The van der Waals surface area contributed by atoms with Crippen LogP contribution in [0.2, 0.25) is 0 Å². The second-order valence-corrected chi connectivity index (χ2v) is 7.70. The molecule has 4 nitrogen and oxygen atoms in total. The molecule has 27 heavy (non-hydrogen) atoms. The van der Waals surface area contributed by atoms with E-state index in [1.165, 1.54) is 23.5 Å². The summed E-state index contributed by atoms with van der Waals surface area (Å²) in [5.41, 5.74) is 3.15. The highest BCUT2D eigenvalue weighted by molar-refractivity contribution is 7.17. The topological polar surface area (TPSA) is 54.9 Å². The molecule has 0 aliphatic heterocycles. The fraction of sp³-hybridized carbons (Fsp3) is 0.0500. The minimum atomic E-state index is -0.300. The van der Waals surface area contributed by atoms with E-state index in [4.69, 9.17) is 0 Å². The van der Waals surface area contributed by atoms with Gasteiger partial charge in [-0.05, 0) is 55.5 Å². The van der Waals surface area contributed by atoms with Crippen molar-refractivity contribution in [1.82, 2.24) is 9.97 Å². The van der Waals surface area contributed by atoms with E-state index in [2.05, 4.69) is 15.3 Å². The van der Waals surface area contributed by atoms with Gasteiger partial charge in [-0.2, -0.15) is 0 Å². The molecule has 4 aromatic rings. The third-order valence-electron chi connectivity index (χ3n) is 3.92. The number of nitrogens with zero attached hydrogens (tertiary/aromatic N) is 2. The Morgan fingerprint density at radius 3 is 2.33 bits per heavy atom. The third-order valence-corrected chi connectivity index (χ3v) is 5.94. The first-order valence-corrected chi connectivity index (χ1v) is 9.84. The molecule has 0 unspecified atom stereocenters.